The predicted octanol–water partition coefficient (Wildman–Crippen LogP) is 2.13. The Kier molecular flexibility index (Phi) is 4.43. The first-order valence-electron chi connectivity index (χ1n) is 5.38. The SMILES string of the molecule is CC(NC(N)=NCc1ccccc1)C(C)(F)F. The molecule has 3 N–H and O–H groups in total. The van der Waals surface area contributed by atoms with Crippen LogP contribution in [-0.4, -0.2) is 17.9 Å². The molecular weight excluding hydrogens is 224 g/mol. The molecule has 0 aromatic heterocycles. The number of aliphatic imine (C=N–C) groups is 1. The summed E-state index contributed by atoms with van der Waals surface area (Å²) in [7, 11) is 0. The smallest absolute Gasteiger partial charge is 0.264 e. The van der Waals surface area contributed by atoms with E-state index < -0.39 is 12.0 Å². The maximum atomic E-state index is 12.9. The van der Waals surface area contributed by atoms with Crippen molar-refractivity contribution in [2.75, 3.05) is 0 Å². The van der Waals surface area contributed by atoms with Crippen molar-refractivity contribution in [3.8, 4) is 0 Å². The van der Waals surface area contributed by atoms with Crippen molar-refractivity contribution in [2.24, 2.45) is 10.7 Å². The summed E-state index contributed by atoms with van der Waals surface area (Å²) in [6, 6.07) is 8.42. The molecule has 0 heterocycles. The van der Waals surface area contributed by atoms with E-state index in [0.717, 1.165) is 12.5 Å². The molecule has 0 bridgehead atoms. The minimum Gasteiger partial charge on any atom is -0.370 e. The third kappa shape index (κ3) is 4.80. The molecule has 1 aromatic carbocycles. The van der Waals surface area contributed by atoms with Gasteiger partial charge in [0.05, 0.1) is 12.6 Å². The number of nitrogens with one attached hydrogen (secondary N) is 1. The standard InChI is InChI=1S/C12H17F2N3/c1-9(12(2,13)14)17-11(15)16-8-10-6-4-3-5-7-10/h3-7,9H,8H2,1-2H3,(H3,15,16,17). The van der Waals surface area contributed by atoms with Gasteiger partial charge in [-0.15, -0.1) is 0 Å². The Morgan fingerprint density at radius 1 is 1.41 bits per heavy atom. The third-order valence-corrected chi connectivity index (χ3v) is 2.40. The number of nitrogens with zero attached hydrogens (tertiary/aromatic N) is 1. The van der Waals surface area contributed by atoms with Crippen molar-refractivity contribution in [1.29, 1.82) is 0 Å². The van der Waals surface area contributed by atoms with Crippen LogP contribution in [-0.2, 0) is 6.54 Å². The Bertz CT molecular complexity index is 371. The van der Waals surface area contributed by atoms with Gasteiger partial charge in [-0.25, -0.2) is 13.8 Å². The van der Waals surface area contributed by atoms with Crippen LogP contribution in [0.2, 0.25) is 0 Å². The van der Waals surface area contributed by atoms with Gasteiger partial charge >= 0.3 is 0 Å². The van der Waals surface area contributed by atoms with E-state index in [4.69, 9.17) is 5.73 Å². The molecule has 1 unspecified atom stereocenters. The van der Waals surface area contributed by atoms with Gasteiger partial charge in [-0.3, -0.25) is 0 Å². The number of nitrogens with two attached hydrogens (primary N) is 1. The molecule has 0 saturated carbocycles. The molecular formula is C12H17F2N3. The van der Waals surface area contributed by atoms with Crippen LogP contribution >= 0.6 is 0 Å². The summed E-state index contributed by atoms with van der Waals surface area (Å²) >= 11 is 0. The Morgan fingerprint density at radius 2 is 2.00 bits per heavy atom. The molecule has 3 nitrogen and oxygen atoms in total. The zero-order valence-corrected chi connectivity index (χ0v) is 9.95. The fraction of sp³-hybridized carbons (Fsp3) is 0.417. The van der Waals surface area contributed by atoms with Crippen LogP contribution in [0, 0.1) is 0 Å². The first kappa shape index (κ1) is 13.4. The summed E-state index contributed by atoms with van der Waals surface area (Å²) in [5.41, 5.74) is 6.50. The third-order valence-electron chi connectivity index (χ3n) is 2.40. The van der Waals surface area contributed by atoms with Crippen LogP contribution in [0.15, 0.2) is 35.3 Å². The summed E-state index contributed by atoms with van der Waals surface area (Å²) in [6.45, 7) is 2.59. The molecule has 0 aliphatic rings. The first-order valence-corrected chi connectivity index (χ1v) is 5.38. The largest absolute Gasteiger partial charge is 0.370 e. The average molecular weight is 241 g/mol. The lowest BCUT2D eigenvalue weighted by molar-refractivity contribution is -0.00613. The van der Waals surface area contributed by atoms with Crippen molar-refractivity contribution in [3.63, 3.8) is 0 Å². The quantitative estimate of drug-likeness (QED) is 0.626. The second-order valence-corrected chi connectivity index (χ2v) is 4.01. The Morgan fingerprint density at radius 3 is 2.53 bits per heavy atom. The molecule has 0 radical (unpaired) electrons. The highest BCUT2D eigenvalue weighted by Gasteiger charge is 2.30. The second kappa shape index (κ2) is 5.61. The zero-order chi connectivity index (χ0) is 12.9. The fourth-order valence-electron chi connectivity index (χ4n) is 1.15. The van der Waals surface area contributed by atoms with Gasteiger partial charge in [-0.05, 0) is 12.5 Å². The molecule has 0 fully saturated rings. The molecule has 0 saturated heterocycles. The fourth-order valence-corrected chi connectivity index (χ4v) is 1.15. The molecule has 0 spiro atoms. The highest BCUT2D eigenvalue weighted by Crippen LogP contribution is 2.16. The first-order chi connectivity index (χ1) is 7.89. The molecule has 17 heavy (non-hydrogen) atoms. The maximum absolute atomic E-state index is 12.9. The Hall–Kier alpha value is -1.65. The number of guanidine groups is 1. The van der Waals surface area contributed by atoms with Gasteiger partial charge in [-0.2, -0.15) is 0 Å². The van der Waals surface area contributed by atoms with E-state index in [1.165, 1.54) is 6.92 Å². The molecule has 1 atom stereocenters. The van der Waals surface area contributed by atoms with Gasteiger partial charge in [0.25, 0.3) is 5.92 Å². The highest BCUT2D eigenvalue weighted by atomic mass is 19.3. The van der Waals surface area contributed by atoms with E-state index in [9.17, 15) is 8.78 Å². The van der Waals surface area contributed by atoms with Crippen molar-refractivity contribution >= 4 is 5.96 Å². The van der Waals surface area contributed by atoms with E-state index >= 15 is 0 Å². The molecule has 0 aliphatic carbocycles. The summed E-state index contributed by atoms with van der Waals surface area (Å²) in [6.07, 6.45) is 0. The lowest BCUT2D eigenvalue weighted by Crippen LogP contribution is -2.47. The summed E-state index contributed by atoms with van der Waals surface area (Å²) < 4.78 is 25.7. The van der Waals surface area contributed by atoms with E-state index in [1.54, 1.807) is 0 Å². The van der Waals surface area contributed by atoms with E-state index in [2.05, 4.69) is 10.3 Å². The number of rotatable bonds is 4. The van der Waals surface area contributed by atoms with Crippen LogP contribution in [0.5, 0.6) is 0 Å². The molecule has 94 valence electrons. The van der Waals surface area contributed by atoms with Gasteiger partial charge in [-0.1, -0.05) is 30.3 Å². The zero-order valence-electron chi connectivity index (χ0n) is 9.95. The Balaban J connectivity index is 2.51. The minimum atomic E-state index is -2.83. The van der Waals surface area contributed by atoms with Crippen LogP contribution in [0.4, 0.5) is 8.78 Å². The number of hydrogen-bond donors (Lipinski definition) is 2. The molecule has 0 aliphatic heterocycles. The van der Waals surface area contributed by atoms with Gasteiger partial charge in [0.15, 0.2) is 5.96 Å². The number of alkyl halides is 2. The summed E-state index contributed by atoms with van der Waals surface area (Å²) in [4.78, 5) is 4.00. The van der Waals surface area contributed by atoms with Crippen molar-refractivity contribution in [2.45, 2.75) is 32.4 Å². The van der Waals surface area contributed by atoms with Crippen LogP contribution in [0.25, 0.3) is 0 Å². The molecule has 0 amide bonds. The average Bonchev–Trinajstić information content (AvgIpc) is 2.26. The van der Waals surface area contributed by atoms with Crippen molar-refractivity contribution in [1.82, 2.24) is 5.32 Å². The Labute approximate surface area is 99.7 Å². The van der Waals surface area contributed by atoms with Crippen LogP contribution < -0.4 is 11.1 Å². The van der Waals surface area contributed by atoms with Crippen LogP contribution in [0.3, 0.4) is 0 Å². The van der Waals surface area contributed by atoms with Crippen LogP contribution in [0.1, 0.15) is 19.4 Å². The van der Waals surface area contributed by atoms with E-state index in [1.807, 2.05) is 30.3 Å². The summed E-state index contributed by atoms with van der Waals surface area (Å²) in [5, 5.41) is 2.47. The molecule has 1 aromatic rings. The maximum Gasteiger partial charge on any atom is 0.264 e. The van der Waals surface area contributed by atoms with Gasteiger partial charge in [0.1, 0.15) is 0 Å². The highest BCUT2D eigenvalue weighted by molar-refractivity contribution is 5.78. The second-order valence-electron chi connectivity index (χ2n) is 4.01. The van der Waals surface area contributed by atoms with Gasteiger partial charge in [0.2, 0.25) is 0 Å². The minimum absolute atomic E-state index is 0.0304. The van der Waals surface area contributed by atoms with Crippen molar-refractivity contribution in [3.05, 3.63) is 35.9 Å². The number of halogens is 2. The monoisotopic (exact) mass is 241 g/mol. The number of hydrogen-bond acceptors (Lipinski definition) is 1. The van der Waals surface area contributed by atoms with Gasteiger partial charge in [0, 0.05) is 6.92 Å². The molecule has 1 rings (SSSR count). The number of benzene rings is 1. The van der Waals surface area contributed by atoms with E-state index in [-0.39, 0.29) is 5.96 Å². The van der Waals surface area contributed by atoms with Crippen molar-refractivity contribution < 1.29 is 8.78 Å². The lowest BCUT2D eigenvalue weighted by atomic mass is 10.2. The lowest BCUT2D eigenvalue weighted by Gasteiger charge is -2.20. The summed E-state index contributed by atoms with van der Waals surface area (Å²) in [5.74, 6) is -2.80. The molecule has 5 heteroatoms. The van der Waals surface area contributed by atoms with Gasteiger partial charge < -0.3 is 11.1 Å². The topological polar surface area (TPSA) is 50.4 Å². The predicted molar refractivity (Wildman–Crippen MR) is 65.0 cm³/mol. The van der Waals surface area contributed by atoms with E-state index in [0.29, 0.717) is 6.54 Å². The normalized spacial score (nSPS) is 14.5.